The Kier molecular flexibility index (Phi) is 5.99. The average molecular weight is 468 g/mol. The molecule has 0 atom stereocenters. The smallest absolute Gasteiger partial charge is 0.260 e. The number of likely N-dealkylation sites (N-methyl/N-ethyl adjacent to an activating group) is 1. The summed E-state index contributed by atoms with van der Waals surface area (Å²) in [7, 11) is 1.82. The molecule has 5 rings (SSSR count). The molecule has 3 heterocycles. The molecule has 1 amide bonds. The molecule has 1 saturated heterocycles. The Labute approximate surface area is 195 Å². The number of rotatable bonds is 6. The van der Waals surface area contributed by atoms with Crippen LogP contribution in [0.15, 0.2) is 41.8 Å². The van der Waals surface area contributed by atoms with E-state index >= 15 is 0 Å². The van der Waals surface area contributed by atoms with Crippen LogP contribution in [0.1, 0.15) is 10.6 Å². The number of aromatic nitrogens is 1. The lowest BCUT2D eigenvalue weighted by molar-refractivity contribution is -0.132. The highest BCUT2D eigenvalue weighted by molar-refractivity contribution is 7.21. The van der Waals surface area contributed by atoms with Crippen molar-refractivity contribution in [3.8, 4) is 5.75 Å². The number of carbonyl (C=O) groups excluding carboxylic acids is 1. The quantitative estimate of drug-likeness (QED) is 0.412. The van der Waals surface area contributed by atoms with E-state index in [1.165, 1.54) is 5.69 Å². The Morgan fingerprint density at radius 3 is 2.78 bits per heavy atom. The van der Waals surface area contributed by atoms with Crippen molar-refractivity contribution in [2.45, 2.75) is 13.5 Å². The molecule has 0 N–H and O–H groups in total. The fourth-order valence-electron chi connectivity index (χ4n) is 3.95. The monoisotopic (exact) mass is 467 g/mol. The van der Waals surface area contributed by atoms with Gasteiger partial charge < -0.3 is 19.3 Å². The number of hydrogen-bond acceptors (Lipinski definition) is 7. The van der Waals surface area contributed by atoms with Gasteiger partial charge in [0.15, 0.2) is 6.61 Å². The van der Waals surface area contributed by atoms with E-state index in [2.05, 4.69) is 34.1 Å². The maximum absolute atomic E-state index is 12.7. The molecule has 1 aliphatic rings. The predicted octanol–water partition coefficient (Wildman–Crippen LogP) is 4.69. The third-order valence-corrected chi connectivity index (χ3v) is 7.52. The van der Waals surface area contributed by atoms with Crippen LogP contribution in [-0.2, 0) is 16.1 Å². The van der Waals surface area contributed by atoms with Gasteiger partial charge in [-0.3, -0.25) is 4.79 Å². The number of carbonyl (C=O) groups is 1. The van der Waals surface area contributed by atoms with Crippen molar-refractivity contribution in [3.63, 3.8) is 0 Å². The zero-order valence-corrected chi connectivity index (χ0v) is 19.8. The molecular formula is C24H25N3O3S2. The van der Waals surface area contributed by atoms with Gasteiger partial charge in [0.2, 0.25) is 0 Å². The normalized spacial score (nSPS) is 14.2. The van der Waals surface area contributed by atoms with Crippen LogP contribution in [-0.4, -0.2) is 55.7 Å². The average Bonchev–Trinajstić information content (AvgIpc) is 3.44. The third-order valence-electron chi connectivity index (χ3n) is 5.68. The van der Waals surface area contributed by atoms with E-state index in [1.807, 2.05) is 31.5 Å². The van der Waals surface area contributed by atoms with Crippen molar-refractivity contribution in [3.05, 3.63) is 52.3 Å². The molecule has 2 aromatic heterocycles. The Balaban J connectivity index is 1.23. The fourth-order valence-corrected chi connectivity index (χ4v) is 5.78. The van der Waals surface area contributed by atoms with Crippen molar-refractivity contribution in [2.75, 3.05) is 44.9 Å². The van der Waals surface area contributed by atoms with Crippen LogP contribution in [0.4, 0.5) is 5.69 Å². The molecule has 0 saturated carbocycles. The minimum atomic E-state index is -0.0498. The molecule has 1 aliphatic heterocycles. The van der Waals surface area contributed by atoms with Gasteiger partial charge in [-0.15, -0.1) is 22.7 Å². The lowest BCUT2D eigenvalue weighted by atomic mass is 10.1. The Morgan fingerprint density at radius 1 is 1.22 bits per heavy atom. The minimum Gasteiger partial charge on any atom is -0.483 e. The molecule has 0 spiro atoms. The SMILES string of the molecule is Cc1nc2c(cc(OCC(=O)N(C)Cc3ccc(N4CCOCC4)cc3)c3ccsc32)s1. The number of thiophene rings is 1. The molecule has 166 valence electrons. The highest BCUT2D eigenvalue weighted by Crippen LogP contribution is 2.38. The second-order valence-electron chi connectivity index (χ2n) is 7.92. The fraction of sp³-hybridized carbons (Fsp3) is 0.333. The molecule has 4 aromatic rings. The zero-order valence-electron chi connectivity index (χ0n) is 18.2. The lowest BCUT2D eigenvalue weighted by Gasteiger charge is -2.29. The Morgan fingerprint density at radius 2 is 2.00 bits per heavy atom. The lowest BCUT2D eigenvalue weighted by Crippen LogP contribution is -2.36. The third kappa shape index (κ3) is 4.30. The van der Waals surface area contributed by atoms with Gasteiger partial charge >= 0.3 is 0 Å². The second kappa shape index (κ2) is 9.05. The number of ether oxygens (including phenoxy) is 2. The first-order chi connectivity index (χ1) is 15.6. The number of benzene rings is 2. The van der Waals surface area contributed by atoms with Gasteiger partial charge in [-0.25, -0.2) is 4.98 Å². The first kappa shape index (κ1) is 21.2. The van der Waals surface area contributed by atoms with E-state index in [0.29, 0.717) is 6.54 Å². The summed E-state index contributed by atoms with van der Waals surface area (Å²) < 4.78 is 13.6. The minimum absolute atomic E-state index is 0.0105. The molecule has 0 bridgehead atoms. The molecule has 8 heteroatoms. The molecule has 32 heavy (non-hydrogen) atoms. The number of thiazole rings is 1. The standard InChI is InChI=1S/C24H25N3O3S2/c1-16-25-23-21(32-16)13-20(19-7-12-31-24(19)23)30-15-22(28)26(2)14-17-3-5-18(6-4-17)27-8-10-29-11-9-27/h3-7,12-13H,8-11,14-15H2,1-2H3. The van der Waals surface area contributed by atoms with Crippen molar-refractivity contribution in [1.29, 1.82) is 0 Å². The van der Waals surface area contributed by atoms with Gasteiger partial charge in [-0.1, -0.05) is 12.1 Å². The summed E-state index contributed by atoms with van der Waals surface area (Å²) in [5, 5.41) is 4.09. The van der Waals surface area contributed by atoms with Gasteiger partial charge in [0.05, 0.1) is 33.1 Å². The van der Waals surface area contributed by atoms with Crippen LogP contribution in [0, 0.1) is 6.92 Å². The van der Waals surface area contributed by atoms with Crippen LogP contribution in [0.25, 0.3) is 20.3 Å². The van der Waals surface area contributed by atoms with Gasteiger partial charge in [0, 0.05) is 43.8 Å². The van der Waals surface area contributed by atoms with E-state index in [9.17, 15) is 4.79 Å². The Bertz CT molecular complexity index is 1240. The first-order valence-electron chi connectivity index (χ1n) is 10.6. The molecular weight excluding hydrogens is 442 g/mol. The number of hydrogen-bond donors (Lipinski definition) is 0. The van der Waals surface area contributed by atoms with E-state index in [0.717, 1.165) is 62.9 Å². The summed E-state index contributed by atoms with van der Waals surface area (Å²) in [5.74, 6) is 0.695. The summed E-state index contributed by atoms with van der Waals surface area (Å²) in [6, 6.07) is 12.5. The molecule has 2 aromatic carbocycles. The largest absolute Gasteiger partial charge is 0.483 e. The summed E-state index contributed by atoms with van der Waals surface area (Å²) in [4.78, 5) is 21.4. The summed E-state index contributed by atoms with van der Waals surface area (Å²) >= 11 is 3.30. The second-order valence-corrected chi connectivity index (χ2v) is 10.1. The molecule has 6 nitrogen and oxygen atoms in total. The molecule has 0 aliphatic carbocycles. The predicted molar refractivity (Wildman–Crippen MR) is 131 cm³/mol. The topological polar surface area (TPSA) is 54.9 Å². The highest BCUT2D eigenvalue weighted by atomic mass is 32.1. The van der Waals surface area contributed by atoms with Crippen molar-refractivity contribution in [2.24, 2.45) is 0 Å². The maximum Gasteiger partial charge on any atom is 0.260 e. The highest BCUT2D eigenvalue weighted by Gasteiger charge is 2.16. The van der Waals surface area contributed by atoms with Crippen LogP contribution < -0.4 is 9.64 Å². The zero-order chi connectivity index (χ0) is 22.1. The summed E-state index contributed by atoms with van der Waals surface area (Å²) in [5.41, 5.74) is 3.32. The first-order valence-corrected chi connectivity index (χ1v) is 12.3. The van der Waals surface area contributed by atoms with Gasteiger partial charge in [0.25, 0.3) is 5.91 Å². The van der Waals surface area contributed by atoms with Gasteiger partial charge in [-0.05, 0) is 36.1 Å². The number of aryl methyl sites for hydroxylation is 1. The van der Waals surface area contributed by atoms with E-state index in [-0.39, 0.29) is 12.5 Å². The van der Waals surface area contributed by atoms with Crippen LogP contribution in [0.2, 0.25) is 0 Å². The number of anilines is 1. The number of amides is 1. The number of fused-ring (bicyclic) bond motifs is 3. The van der Waals surface area contributed by atoms with Crippen molar-refractivity contribution >= 4 is 54.6 Å². The molecule has 1 fully saturated rings. The van der Waals surface area contributed by atoms with Gasteiger partial charge in [-0.2, -0.15) is 0 Å². The van der Waals surface area contributed by atoms with Crippen LogP contribution in [0.3, 0.4) is 0 Å². The van der Waals surface area contributed by atoms with E-state index in [1.54, 1.807) is 27.6 Å². The van der Waals surface area contributed by atoms with E-state index < -0.39 is 0 Å². The van der Waals surface area contributed by atoms with Crippen LogP contribution >= 0.6 is 22.7 Å². The van der Waals surface area contributed by atoms with Crippen molar-refractivity contribution < 1.29 is 14.3 Å². The Hall–Kier alpha value is -2.68. The van der Waals surface area contributed by atoms with Crippen LogP contribution in [0.5, 0.6) is 5.75 Å². The maximum atomic E-state index is 12.7. The van der Waals surface area contributed by atoms with Crippen molar-refractivity contribution in [1.82, 2.24) is 9.88 Å². The van der Waals surface area contributed by atoms with E-state index in [4.69, 9.17) is 9.47 Å². The molecule has 0 radical (unpaired) electrons. The number of nitrogens with zero attached hydrogens (tertiary/aromatic N) is 3. The summed E-state index contributed by atoms with van der Waals surface area (Å²) in [6.07, 6.45) is 0. The summed E-state index contributed by atoms with van der Waals surface area (Å²) in [6.45, 7) is 5.94. The number of morpholine rings is 1. The van der Waals surface area contributed by atoms with Gasteiger partial charge in [0.1, 0.15) is 5.75 Å². The molecule has 0 unspecified atom stereocenters.